The molecule has 29 valence electrons. The third-order valence-electron chi connectivity index (χ3n) is 0.394. The highest BCUT2D eigenvalue weighted by atomic mass is 32.1. The maximum atomic E-state index is 4.59. The molecular formula is C4H7S. The van der Waals surface area contributed by atoms with Crippen LogP contribution in [0.1, 0.15) is 13.3 Å². The number of hydrogen-bond donors (Lipinski definition) is 0. The first-order valence-electron chi connectivity index (χ1n) is 1.62. The second-order valence-electron chi connectivity index (χ2n) is 0.892. The first-order chi connectivity index (χ1) is 2.27. The average Bonchev–Trinajstić information content (AvgIpc) is 1.38. The van der Waals surface area contributed by atoms with Gasteiger partial charge in [0.1, 0.15) is 0 Å². The van der Waals surface area contributed by atoms with Gasteiger partial charge in [0.2, 0.25) is 0 Å². The van der Waals surface area contributed by atoms with E-state index < -0.39 is 0 Å². The van der Waals surface area contributed by atoms with E-state index in [4.69, 9.17) is 0 Å². The van der Waals surface area contributed by atoms with Gasteiger partial charge in [-0.25, -0.2) is 0 Å². The Kier molecular flexibility index (Phi) is 2.19. The normalized spacial score (nSPS) is 7.40. The monoisotopic (exact) mass is 87.0 g/mol. The van der Waals surface area contributed by atoms with Crippen molar-refractivity contribution in [2.45, 2.75) is 13.3 Å². The zero-order valence-corrected chi connectivity index (χ0v) is 4.14. The fourth-order valence-corrected chi connectivity index (χ4v) is 0. The first kappa shape index (κ1) is 4.96. The largest absolute Gasteiger partial charge is 0.0856 e. The lowest BCUT2D eigenvalue weighted by molar-refractivity contribution is 1.21. The SMILES string of the molecule is C=C([S])CC. The molecule has 5 heavy (non-hydrogen) atoms. The molecule has 0 atom stereocenters. The predicted octanol–water partition coefficient (Wildman–Crippen LogP) is 2.11. The zero-order chi connectivity index (χ0) is 4.28. The van der Waals surface area contributed by atoms with Crippen molar-refractivity contribution in [3.63, 3.8) is 0 Å². The second kappa shape index (κ2) is 2.21. The molecule has 1 heteroatoms. The third kappa shape index (κ3) is 3.96. The number of allylic oxidation sites excluding steroid dienone is 1. The van der Waals surface area contributed by atoms with Crippen LogP contribution < -0.4 is 0 Å². The molecule has 0 rings (SSSR count). The Morgan fingerprint density at radius 1 is 2.00 bits per heavy atom. The summed E-state index contributed by atoms with van der Waals surface area (Å²) in [6.45, 7) is 5.48. The molecule has 0 amide bonds. The minimum atomic E-state index is 0.838. The molecule has 0 saturated heterocycles. The molecular weight excluding hydrogens is 80.1 g/mol. The van der Waals surface area contributed by atoms with E-state index in [0.717, 1.165) is 11.3 Å². The zero-order valence-electron chi connectivity index (χ0n) is 3.32. The lowest BCUT2D eigenvalue weighted by Crippen LogP contribution is -1.53. The highest BCUT2D eigenvalue weighted by Gasteiger charge is 1.71. The van der Waals surface area contributed by atoms with Crippen LogP contribution >= 0.6 is 12.6 Å². The molecule has 0 aromatic heterocycles. The van der Waals surface area contributed by atoms with E-state index in [0.29, 0.717) is 0 Å². The average molecular weight is 87.2 g/mol. The van der Waals surface area contributed by atoms with Gasteiger partial charge in [0.15, 0.2) is 0 Å². The minimum Gasteiger partial charge on any atom is -0.0856 e. The maximum Gasteiger partial charge on any atom is 0.00773 e. The molecule has 0 aliphatic heterocycles. The number of hydrogen-bond acceptors (Lipinski definition) is 0. The van der Waals surface area contributed by atoms with Crippen molar-refractivity contribution >= 4 is 12.6 Å². The van der Waals surface area contributed by atoms with Gasteiger partial charge < -0.3 is 0 Å². The van der Waals surface area contributed by atoms with Crippen LogP contribution in [0.25, 0.3) is 0 Å². The molecule has 0 saturated carbocycles. The number of rotatable bonds is 1. The maximum absolute atomic E-state index is 4.59. The predicted molar refractivity (Wildman–Crippen MR) is 27.0 cm³/mol. The molecule has 0 nitrogen and oxygen atoms in total. The van der Waals surface area contributed by atoms with Crippen LogP contribution in [0.2, 0.25) is 0 Å². The Labute approximate surface area is 38.3 Å². The third-order valence-corrected chi connectivity index (χ3v) is 0.683. The van der Waals surface area contributed by atoms with Crippen LogP contribution in [-0.4, -0.2) is 0 Å². The minimum absolute atomic E-state index is 0.838. The smallest absolute Gasteiger partial charge is 0.00773 e. The summed E-state index contributed by atoms with van der Waals surface area (Å²) in [7, 11) is 0. The molecule has 0 heterocycles. The van der Waals surface area contributed by atoms with Gasteiger partial charge in [0.05, 0.1) is 0 Å². The van der Waals surface area contributed by atoms with E-state index in [2.05, 4.69) is 19.2 Å². The highest BCUT2D eigenvalue weighted by molar-refractivity contribution is 7.84. The molecule has 0 aromatic carbocycles. The van der Waals surface area contributed by atoms with Crippen LogP contribution in [0.5, 0.6) is 0 Å². The molecule has 0 N–H and O–H groups in total. The van der Waals surface area contributed by atoms with Crippen molar-refractivity contribution in [3.8, 4) is 0 Å². The van der Waals surface area contributed by atoms with Gasteiger partial charge in [-0.2, -0.15) is 0 Å². The van der Waals surface area contributed by atoms with Crippen molar-refractivity contribution in [1.29, 1.82) is 0 Å². The molecule has 0 aliphatic carbocycles. The van der Waals surface area contributed by atoms with E-state index in [1.54, 1.807) is 0 Å². The van der Waals surface area contributed by atoms with Gasteiger partial charge in [-0.3, -0.25) is 0 Å². The van der Waals surface area contributed by atoms with Crippen molar-refractivity contribution in [3.05, 3.63) is 11.5 Å². The quantitative estimate of drug-likeness (QED) is 0.459. The van der Waals surface area contributed by atoms with Crippen LogP contribution in [0.15, 0.2) is 11.5 Å². The lowest BCUT2D eigenvalue weighted by atomic mass is 10.5. The molecule has 0 spiro atoms. The Bertz CT molecular complexity index is 38.9. The van der Waals surface area contributed by atoms with E-state index in [-0.39, 0.29) is 0 Å². The van der Waals surface area contributed by atoms with Crippen molar-refractivity contribution in [1.82, 2.24) is 0 Å². The lowest BCUT2D eigenvalue weighted by Gasteiger charge is -1.76. The summed E-state index contributed by atoms with van der Waals surface area (Å²) < 4.78 is 0. The molecule has 0 fully saturated rings. The van der Waals surface area contributed by atoms with Gasteiger partial charge in [-0.1, -0.05) is 26.1 Å². The van der Waals surface area contributed by atoms with Crippen molar-refractivity contribution < 1.29 is 0 Å². The summed E-state index contributed by atoms with van der Waals surface area (Å²) >= 11 is 4.59. The van der Waals surface area contributed by atoms with Gasteiger partial charge in [-0.05, 0) is 6.42 Å². The highest BCUT2D eigenvalue weighted by Crippen LogP contribution is 1.97. The first-order valence-corrected chi connectivity index (χ1v) is 2.03. The van der Waals surface area contributed by atoms with E-state index in [1.165, 1.54) is 0 Å². The van der Waals surface area contributed by atoms with Crippen LogP contribution in [0, 0.1) is 0 Å². The summed E-state index contributed by atoms with van der Waals surface area (Å²) in [6, 6.07) is 0. The van der Waals surface area contributed by atoms with E-state index in [1.807, 2.05) is 6.92 Å². The van der Waals surface area contributed by atoms with Gasteiger partial charge in [0.25, 0.3) is 0 Å². The van der Waals surface area contributed by atoms with Crippen LogP contribution in [-0.2, 0) is 0 Å². The summed E-state index contributed by atoms with van der Waals surface area (Å²) in [6.07, 6.45) is 0.926. The fourth-order valence-electron chi connectivity index (χ4n) is 0. The second-order valence-corrected chi connectivity index (χ2v) is 1.47. The van der Waals surface area contributed by atoms with Gasteiger partial charge in [-0.15, -0.1) is 0 Å². The standard InChI is InChI=1S/C4H7S/c1-3-4(2)5/h2-3H2,1H3. The fraction of sp³-hybridized carbons (Fsp3) is 0.500. The van der Waals surface area contributed by atoms with Gasteiger partial charge in [0, 0.05) is 4.91 Å². The van der Waals surface area contributed by atoms with E-state index in [9.17, 15) is 0 Å². The summed E-state index contributed by atoms with van der Waals surface area (Å²) in [5.74, 6) is 0. The molecule has 0 unspecified atom stereocenters. The Morgan fingerprint density at radius 2 is 2.20 bits per heavy atom. The summed E-state index contributed by atoms with van der Waals surface area (Å²) in [5, 5.41) is 0. The summed E-state index contributed by atoms with van der Waals surface area (Å²) in [5.41, 5.74) is 0. The van der Waals surface area contributed by atoms with Crippen molar-refractivity contribution in [2.75, 3.05) is 0 Å². The van der Waals surface area contributed by atoms with Crippen molar-refractivity contribution in [2.24, 2.45) is 0 Å². The van der Waals surface area contributed by atoms with Crippen LogP contribution in [0.3, 0.4) is 0 Å². The Balaban J connectivity index is 2.85. The van der Waals surface area contributed by atoms with Gasteiger partial charge >= 0.3 is 0 Å². The molecule has 0 aliphatic rings. The Hall–Kier alpha value is -0.0400. The molecule has 0 bridgehead atoms. The summed E-state index contributed by atoms with van der Waals surface area (Å²) in [4.78, 5) is 0.838. The molecule has 0 aromatic rings. The van der Waals surface area contributed by atoms with Crippen LogP contribution in [0.4, 0.5) is 0 Å². The topological polar surface area (TPSA) is 0 Å². The van der Waals surface area contributed by atoms with E-state index >= 15 is 0 Å². The molecule has 1 radical (unpaired) electrons. The Morgan fingerprint density at radius 3 is 2.20 bits per heavy atom.